The van der Waals surface area contributed by atoms with Crippen molar-refractivity contribution >= 4 is 17.7 Å². The number of halogens is 3. The standard InChI is InChI=1S/C13H16F3NOS/c1-3-4-9-17(2)12(18)10-7-5-6-8-11(10)19-13(14,15)16/h5-8H,3-4,9H2,1-2H3. The molecule has 106 valence electrons. The van der Waals surface area contributed by atoms with Crippen molar-refractivity contribution in [2.75, 3.05) is 13.6 Å². The summed E-state index contributed by atoms with van der Waals surface area (Å²) in [7, 11) is 1.60. The number of nitrogens with zero attached hydrogens (tertiary/aromatic N) is 1. The van der Waals surface area contributed by atoms with Gasteiger partial charge in [0.2, 0.25) is 0 Å². The van der Waals surface area contributed by atoms with E-state index in [1.165, 1.54) is 23.1 Å². The Balaban J connectivity index is 2.90. The molecule has 0 saturated carbocycles. The lowest BCUT2D eigenvalue weighted by molar-refractivity contribution is -0.0328. The van der Waals surface area contributed by atoms with E-state index in [1.54, 1.807) is 13.1 Å². The van der Waals surface area contributed by atoms with Gasteiger partial charge < -0.3 is 4.90 Å². The summed E-state index contributed by atoms with van der Waals surface area (Å²) in [5, 5.41) is 0. The van der Waals surface area contributed by atoms with Crippen LogP contribution in [0.5, 0.6) is 0 Å². The van der Waals surface area contributed by atoms with E-state index in [-0.39, 0.29) is 28.1 Å². The van der Waals surface area contributed by atoms with Gasteiger partial charge in [0.25, 0.3) is 5.91 Å². The number of rotatable bonds is 5. The smallest absolute Gasteiger partial charge is 0.342 e. The molecule has 0 saturated heterocycles. The van der Waals surface area contributed by atoms with Gasteiger partial charge in [-0.1, -0.05) is 25.5 Å². The third-order valence-corrected chi connectivity index (χ3v) is 3.34. The maximum absolute atomic E-state index is 12.4. The molecule has 19 heavy (non-hydrogen) atoms. The van der Waals surface area contributed by atoms with Gasteiger partial charge in [-0.25, -0.2) is 0 Å². The Kier molecular flexibility index (Phi) is 5.72. The van der Waals surface area contributed by atoms with Crippen LogP contribution in [0.15, 0.2) is 29.2 Å². The lowest BCUT2D eigenvalue weighted by atomic mass is 10.2. The van der Waals surface area contributed by atoms with Gasteiger partial charge in [0, 0.05) is 18.5 Å². The van der Waals surface area contributed by atoms with E-state index in [9.17, 15) is 18.0 Å². The second-order valence-electron chi connectivity index (χ2n) is 4.12. The zero-order chi connectivity index (χ0) is 14.5. The molecule has 0 spiro atoms. The van der Waals surface area contributed by atoms with Gasteiger partial charge in [-0.2, -0.15) is 13.2 Å². The van der Waals surface area contributed by atoms with Crippen LogP contribution < -0.4 is 0 Å². The molecule has 0 aliphatic rings. The highest BCUT2D eigenvalue weighted by molar-refractivity contribution is 8.00. The van der Waals surface area contributed by atoms with Gasteiger partial charge in [-0.15, -0.1) is 0 Å². The fourth-order valence-electron chi connectivity index (χ4n) is 1.56. The first kappa shape index (κ1) is 15.9. The summed E-state index contributed by atoms with van der Waals surface area (Å²) in [6.45, 7) is 2.53. The van der Waals surface area contributed by atoms with E-state index in [0.29, 0.717) is 6.54 Å². The normalized spacial score (nSPS) is 11.4. The van der Waals surface area contributed by atoms with Gasteiger partial charge in [-0.05, 0) is 30.3 Å². The van der Waals surface area contributed by atoms with Crippen LogP contribution in [0.25, 0.3) is 0 Å². The highest BCUT2D eigenvalue weighted by atomic mass is 32.2. The molecule has 0 heterocycles. The number of unbranched alkanes of at least 4 members (excludes halogenated alkanes) is 1. The van der Waals surface area contributed by atoms with Crippen molar-refractivity contribution in [2.45, 2.75) is 30.2 Å². The Morgan fingerprint density at radius 1 is 1.32 bits per heavy atom. The predicted molar refractivity (Wildman–Crippen MR) is 70.2 cm³/mol. The van der Waals surface area contributed by atoms with Crippen LogP contribution in [-0.4, -0.2) is 29.9 Å². The average molecular weight is 291 g/mol. The Hall–Kier alpha value is -1.17. The van der Waals surface area contributed by atoms with E-state index >= 15 is 0 Å². The highest BCUT2D eigenvalue weighted by Crippen LogP contribution is 2.38. The number of benzene rings is 1. The topological polar surface area (TPSA) is 20.3 Å². The summed E-state index contributed by atoms with van der Waals surface area (Å²) in [6, 6.07) is 5.82. The maximum Gasteiger partial charge on any atom is 0.446 e. The van der Waals surface area contributed by atoms with E-state index in [4.69, 9.17) is 0 Å². The summed E-state index contributed by atoms with van der Waals surface area (Å²) in [4.78, 5) is 13.5. The van der Waals surface area contributed by atoms with Crippen LogP contribution in [0.4, 0.5) is 13.2 Å². The zero-order valence-electron chi connectivity index (χ0n) is 10.8. The van der Waals surface area contributed by atoms with E-state index in [0.717, 1.165) is 12.8 Å². The maximum atomic E-state index is 12.4. The SMILES string of the molecule is CCCCN(C)C(=O)c1ccccc1SC(F)(F)F. The Morgan fingerprint density at radius 2 is 1.95 bits per heavy atom. The van der Waals surface area contributed by atoms with Crippen LogP contribution in [0.1, 0.15) is 30.1 Å². The molecule has 1 rings (SSSR count). The van der Waals surface area contributed by atoms with E-state index in [1.807, 2.05) is 6.92 Å². The monoisotopic (exact) mass is 291 g/mol. The van der Waals surface area contributed by atoms with Crippen molar-refractivity contribution in [3.63, 3.8) is 0 Å². The van der Waals surface area contributed by atoms with Crippen molar-refractivity contribution in [2.24, 2.45) is 0 Å². The number of amides is 1. The molecule has 0 fully saturated rings. The molecule has 0 N–H and O–H groups in total. The lowest BCUT2D eigenvalue weighted by Crippen LogP contribution is -2.28. The summed E-state index contributed by atoms with van der Waals surface area (Å²) in [5.74, 6) is -0.374. The Bertz CT molecular complexity index is 434. The predicted octanol–water partition coefficient (Wildman–Crippen LogP) is 4.17. The molecule has 0 aliphatic carbocycles. The minimum Gasteiger partial charge on any atom is -0.342 e. The quantitative estimate of drug-likeness (QED) is 0.759. The molecule has 0 radical (unpaired) electrons. The molecule has 0 unspecified atom stereocenters. The molecule has 0 aromatic heterocycles. The van der Waals surface area contributed by atoms with Crippen molar-refractivity contribution in [3.8, 4) is 0 Å². The number of hydrogen-bond donors (Lipinski definition) is 0. The molecule has 6 heteroatoms. The summed E-state index contributed by atoms with van der Waals surface area (Å²) < 4.78 is 37.3. The molecule has 0 bridgehead atoms. The summed E-state index contributed by atoms with van der Waals surface area (Å²) in [6.07, 6.45) is 1.76. The van der Waals surface area contributed by atoms with Gasteiger partial charge >= 0.3 is 5.51 Å². The van der Waals surface area contributed by atoms with Crippen LogP contribution >= 0.6 is 11.8 Å². The van der Waals surface area contributed by atoms with Crippen LogP contribution in [0.2, 0.25) is 0 Å². The first-order chi connectivity index (χ1) is 8.85. The van der Waals surface area contributed by atoms with Crippen molar-refractivity contribution in [1.29, 1.82) is 0 Å². The first-order valence-corrected chi connectivity index (χ1v) is 6.77. The molecule has 1 aromatic rings. The fraction of sp³-hybridized carbons (Fsp3) is 0.462. The fourth-order valence-corrected chi connectivity index (χ4v) is 2.22. The molecule has 1 aromatic carbocycles. The molecule has 0 aliphatic heterocycles. The number of carbonyl (C=O) groups is 1. The molecule has 0 atom stereocenters. The molecule has 1 amide bonds. The minimum atomic E-state index is -4.39. The van der Waals surface area contributed by atoms with Gasteiger partial charge in [0.05, 0.1) is 5.56 Å². The number of alkyl halides is 3. The molecular weight excluding hydrogens is 275 g/mol. The van der Waals surface area contributed by atoms with Crippen molar-refractivity contribution in [1.82, 2.24) is 4.90 Å². The first-order valence-electron chi connectivity index (χ1n) is 5.95. The highest BCUT2D eigenvalue weighted by Gasteiger charge is 2.31. The van der Waals surface area contributed by atoms with Crippen LogP contribution in [-0.2, 0) is 0 Å². The Labute approximate surface area is 115 Å². The second-order valence-corrected chi connectivity index (χ2v) is 5.23. The minimum absolute atomic E-state index is 0.0525. The van der Waals surface area contributed by atoms with Gasteiger partial charge in [0.15, 0.2) is 0 Å². The van der Waals surface area contributed by atoms with E-state index < -0.39 is 5.51 Å². The third kappa shape index (κ3) is 5.14. The van der Waals surface area contributed by atoms with Crippen molar-refractivity contribution < 1.29 is 18.0 Å². The van der Waals surface area contributed by atoms with Crippen LogP contribution in [0, 0.1) is 0 Å². The summed E-state index contributed by atoms with van der Waals surface area (Å²) >= 11 is -0.251. The van der Waals surface area contributed by atoms with Gasteiger partial charge in [0.1, 0.15) is 0 Å². The van der Waals surface area contributed by atoms with E-state index in [2.05, 4.69) is 0 Å². The number of carbonyl (C=O) groups excluding carboxylic acids is 1. The lowest BCUT2D eigenvalue weighted by Gasteiger charge is -2.18. The molecular formula is C13H16F3NOS. The second kappa shape index (κ2) is 6.84. The number of thioether (sulfide) groups is 1. The van der Waals surface area contributed by atoms with Gasteiger partial charge in [-0.3, -0.25) is 4.79 Å². The van der Waals surface area contributed by atoms with Crippen LogP contribution in [0.3, 0.4) is 0 Å². The third-order valence-electron chi connectivity index (χ3n) is 2.54. The average Bonchev–Trinajstić information content (AvgIpc) is 2.34. The van der Waals surface area contributed by atoms with Crippen molar-refractivity contribution in [3.05, 3.63) is 29.8 Å². The largest absolute Gasteiger partial charge is 0.446 e. The Morgan fingerprint density at radius 3 is 2.53 bits per heavy atom. The number of hydrogen-bond acceptors (Lipinski definition) is 2. The summed E-state index contributed by atoms with van der Waals surface area (Å²) in [5.41, 5.74) is -4.29. The zero-order valence-corrected chi connectivity index (χ0v) is 11.6. The molecule has 2 nitrogen and oxygen atoms in total.